The standard InChI is InChI=1S/C42H78NO4/c1-5-7-9-11-13-15-17-19-21-23-25-27-29-31-33-35-41(44)46-39-37-43(3,4)38-40(39)47-42(45)36-34-32-30-28-26-24-22-20-18-16-14-12-10-8-6-2/h19-22,39-40H,5-18,23-38H2,1-4H3/q+1/t39-,40?/m1/s1. The van der Waals surface area contributed by atoms with Gasteiger partial charge in [0.05, 0.1) is 14.1 Å². The second kappa shape index (κ2) is 30.4. The van der Waals surface area contributed by atoms with Crippen molar-refractivity contribution in [2.75, 3.05) is 27.2 Å². The van der Waals surface area contributed by atoms with Crippen LogP contribution in [0, 0.1) is 0 Å². The lowest BCUT2D eigenvalue weighted by molar-refractivity contribution is -0.880. The molecular formula is C42H78NO4+. The van der Waals surface area contributed by atoms with E-state index < -0.39 is 0 Å². The van der Waals surface area contributed by atoms with Crippen molar-refractivity contribution in [3.05, 3.63) is 24.3 Å². The Labute approximate surface area is 292 Å². The fourth-order valence-corrected chi connectivity index (χ4v) is 6.65. The van der Waals surface area contributed by atoms with E-state index in [9.17, 15) is 9.59 Å². The average Bonchev–Trinajstić information content (AvgIpc) is 3.32. The van der Waals surface area contributed by atoms with Gasteiger partial charge in [-0.2, -0.15) is 0 Å². The molecule has 0 aromatic rings. The van der Waals surface area contributed by atoms with Crippen LogP contribution in [0.5, 0.6) is 0 Å². The van der Waals surface area contributed by atoms with Gasteiger partial charge in [-0.3, -0.25) is 9.59 Å². The number of esters is 2. The first-order valence-corrected chi connectivity index (χ1v) is 20.4. The number of quaternary nitrogens is 1. The fraction of sp³-hybridized carbons (Fsp3) is 0.857. The highest BCUT2D eigenvalue weighted by Crippen LogP contribution is 2.23. The summed E-state index contributed by atoms with van der Waals surface area (Å²) in [6.07, 6.45) is 42.0. The Hall–Kier alpha value is -1.62. The summed E-state index contributed by atoms with van der Waals surface area (Å²) in [5.74, 6) is -0.291. The molecule has 0 radical (unpaired) electrons. The van der Waals surface area contributed by atoms with Crippen LogP contribution < -0.4 is 0 Å². The maximum absolute atomic E-state index is 12.6. The molecule has 1 aliphatic heterocycles. The molecule has 1 rings (SSSR count). The van der Waals surface area contributed by atoms with E-state index in [1.807, 2.05) is 0 Å². The fourth-order valence-electron chi connectivity index (χ4n) is 6.65. The molecule has 0 aliphatic carbocycles. The van der Waals surface area contributed by atoms with Crippen LogP contribution >= 0.6 is 0 Å². The zero-order valence-electron chi connectivity index (χ0n) is 31.8. The molecule has 1 unspecified atom stereocenters. The summed E-state index contributed by atoms with van der Waals surface area (Å²) in [4.78, 5) is 25.2. The number of likely N-dealkylation sites (N-methyl/N-ethyl adjacent to an activating group) is 1. The Balaban J connectivity index is 2.07. The van der Waals surface area contributed by atoms with Gasteiger partial charge in [-0.15, -0.1) is 0 Å². The molecule has 0 bridgehead atoms. The van der Waals surface area contributed by atoms with E-state index >= 15 is 0 Å². The molecule has 274 valence electrons. The number of carbonyl (C=O) groups is 2. The zero-order valence-corrected chi connectivity index (χ0v) is 31.8. The van der Waals surface area contributed by atoms with Crippen LogP contribution in [-0.4, -0.2) is 55.8 Å². The summed E-state index contributed by atoms with van der Waals surface area (Å²) >= 11 is 0. The van der Waals surface area contributed by atoms with Crippen molar-refractivity contribution in [3.8, 4) is 0 Å². The highest BCUT2D eigenvalue weighted by molar-refractivity contribution is 5.70. The summed E-state index contributed by atoms with van der Waals surface area (Å²) in [7, 11) is 4.23. The zero-order chi connectivity index (χ0) is 34.3. The van der Waals surface area contributed by atoms with E-state index in [2.05, 4.69) is 52.2 Å². The van der Waals surface area contributed by atoms with Gasteiger partial charge in [0, 0.05) is 12.8 Å². The number of hydrogen-bond acceptors (Lipinski definition) is 4. The molecule has 0 aromatic carbocycles. The lowest BCUT2D eigenvalue weighted by atomic mass is 10.1. The number of allylic oxidation sites excluding steroid dienone is 4. The molecule has 47 heavy (non-hydrogen) atoms. The maximum Gasteiger partial charge on any atom is 0.306 e. The molecule has 1 aliphatic rings. The van der Waals surface area contributed by atoms with Crippen LogP contribution in [0.3, 0.4) is 0 Å². The smallest absolute Gasteiger partial charge is 0.306 e. The number of rotatable bonds is 32. The molecule has 0 spiro atoms. The van der Waals surface area contributed by atoms with Crippen LogP contribution in [0.2, 0.25) is 0 Å². The Morgan fingerprint density at radius 1 is 0.468 bits per heavy atom. The molecule has 2 atom stereocenters. The summed E-state index contributed by atoms with van der Waals surface area (Å²) in [6, 6.07) is 0. The predicted molar refractivity (Wildman–Crippen MR) is 201 cm³/mol. The molecule has 1 saturated heterocycles. The quantitative estimate of drug-likeness (QED) is 0.0312. The van der Waals surface area contributed by atoms with E-state index in [1.54, 1.807) is 0 Å². The Kier molecular flexibility index (Phi) is 28.1. The van der Waals surface area contributed by atoms with Crippen LogP contribution in [0.15, 0.2) is 24.3 Å². The first-order valence-electron chi connectivity index (χ1n) is 20.4. The number of unbranched alkanes of at least 4 members (excludes halogenated alkanes) is 22. The van der Waals surface area contributed by atoms with E-state index in [1.165, 1.54) is 141 Å². The van der Waals surface area contributed by atoms with Gasteiger partial charge in [-0.05, 0) is 64.2 Å². The number of nitrogens with zero attached hydrogens (tertiary/aromatic N) is 1. The largest absolute Gasteiger partial charge is 0.452 e. The summed E-state index contributed by atoms with van der Waals surface area (Å²) in [5, 5.41) is 0. The topological polar surface area (TPSA) is 52.6 Å². The van der Waals surface area contributed by atoms with Crippen molar-refractivity contribution >= 4 is 11.9 Å². The van der Waals surface area contributed by atoms with Crippen molar-refractivity contribution in [2.45, 2.75) is 206 Å². The maximum atomic E-state index is 12.6. The van der Waals surface area contributed by atoms with Gasteiger partial charge in [0.1, 0.15) is 13.1 Å². The third-order valence-corrected chi connectivity index (χ3v) is 9.61. The van der Waals surface area contributed by atoms with Gasteiger partial charge in [-0.25, -0.2) is 0 Å². The number of carbonyl (C=O) groups excluding carboxylic acids is 2. The molecule has 0 amide bonds. The monoisotopic (exact) mass is 661 g/mol. The third-order valence-electron chi connectivity index (χ3n) is 9.61. The van der Waals surface area contributed by atoms with Gasteiger partial charge < -0.3 is 14.0 Å². The minimum Gasteiger partial charge on any atom is -0.452 e. The Morgan fingerprint density at radius 2 is 0.745 bits per heavy atom. The van der Waals surface area contributed by atoms with E-state index in [0.717, 1.165) is 25.7 Å². The molecule has 5 nitrogen and oxygen atoms in total. The van der Waals surface area contributed by atoms with Gasteiger partial charge in [0.15, 0.2) is 12.2 Å². The molecule has 1 fully saturated rings. The SMILES string of the molecule is CCCCCCCCC=CCCCCCCCC(=O)OC1C[N+](C)(C)C[C@H]1OC(=O)CCCCCCCC=CCCCCCCCC. The average molecular weight is 661 g/mol. The van der Waals surface area contributed by atoms with E-state index in [-0.39, 0.29) is 24.1 Å². The first-order chi connectivity index (χ1) is 22.9. The second-order valence-electron chi connectivity index (χ2n) is 15.0. The van der Waals surface area contributed by atoms with Crippen LogP contribution in [0.4, 0.5) is 0 Å². The molecule has 1 heterocycles. The van der Waals surface area contributed by atoms with Gasteiger partial charge in [0.2, 0.25) is 0 Å². The minimum absolute atomic E-state index is 0.146. The van der Waals surface area contributed by atoms with Crippen LogP contribution in [0.25, 0.3) is 0 Å². The van der Waals surface area contributed by atoms with Crippen molar-refractivity contribution in [1.82, 2.24) is 0 Å². The summed E-state index contributed by atoms with van der Waals surface area (Å²) in [5.41, 5.74) is 0. The van der Waals surface area contributed by atoms with Crippen LogP contribution in [0.1, 0.15) is 194 Å². The summed E-state index contributed by atoms with van der Waals surface area (Å²) < 4.78 is 12.4. The number of hydrogen-bond donors (Lipinski definition) is 0. The van der Waals surface area contributed by atoms with Crippen molar-refractivity contribution in [3.63, 3.8) is 0 Å². The normalized spacial score (nSPS) is 17.6. The van der Waals surface area contributed by atoms with Gasteiger partial charge in [0.25, 0.3) is 0 Å². The molecule has 0 N–H and O–H groups in total. The summed E-state index contributed by atoms with van der Waals surface area (Å²) in [6.45, 7) is 5.93. The van der Waals surface area contributed by atoms with E-state index in [4.69, 9.17) is 9.47 Å². The number of likely N-dealkylation sites (tertiary alicyclic amines) is 1. The molecule has 0 saturated carbocycles. The second-order valence-corrected chi connectivity index (χ2v) is 15.0. The van der Waals surface area contributed by atoms with Crippen LogP contribution in [-0.2, 0) is 19.1 Å². The molecular weight excluding hydrogens is 582 g/mol. The van der Waals surface area contributed by atoms with E-state index in [0.29, 0.717) is 30.4 Å². The first kappa shape index (κ1) is 43.4. The van der Waals surface area contributed by atoms with Crippen molar-refractivity contribution in [1.29, 1.82) is 0 Å². The van der Waals surface area contributed by atoms with Gasteiger partial charge in [-0.1, -0.05) is 141 Å². The number of ether oxygens (including phenoxy) is 2. The molecule has 0 aromatic heterocycles. The highest BCUT2D eigenvalue weighted by Gasteiger charge is 2.45. The predicted octanol–water partition coefficient (Wildman–Crippen LogP) is 12.0. The Bertz CT molecular complexity index is 740. The van der Waals surface area contributed by atoms with Gasteiger partial charge >= 0.3 is 11.9 Å². The van der Waals surface area contributed by atoms with Crippen molar-refractivity contribution < 1.29 is 23.5 Å². The minimum atomic E-state index is -0.335. The third kappa shape index (κ3) is 27.0. The lowest BCUT2D eigenvalue weighted by Crippen LogP contribution is -2.38. The molecule has 5 heteroatoms. The Morgan fingerprint density at radius 3 is 1.06 bits per heavy atom. The highest BCUT2D eigenvalue weighted by atomic mass is 16.6. The lowest BCUT2D eigenvalue weighted by Gasteiger charge is -2.22. The van der Waals surface area contributed by atoms with Crippen molar-refractivity contribution in [2.24, 2.45) is 0 Å².